The standard InChI is InChI=1S/C23H31FN2O2/c1-3-18(2)22-6-4-5-7-23(22)28-17-21(27)16-25-12-14-26(15-13-25)20-10-8-19(24)9-11-20/h4-11,18,21,27H,3,12-17H2,1-2H3/p+1/t18-,21-/m1/s1. The van der Waals surface area contributed by atoms with Gasteiger partial charge in [0.05, 0.1) is 26.2 Å². The van der Waals surface area contributed by atoms with E-state index in [1.165, 1.54) is 22.6 Å². The Kier molecular flexibility index (Phi) is 7.29. The molecule has 1 heterocycles. The van der Waals surface area contributed by atoms with Crippen LogP contribution >= 0.6 is 0 Å². The van der Waals surface area contributed by atoms with E-state index < -0.39 is 6.10 Å². The van der Waals surface area contributed by atoms with Crippen LogP contribution in [0.15, 0.2) is 48.5 Å². The molecule has 0 spiro atoms. The average Bonchev–Trinajstić information content (AvgIpc) is 2.73. The second-order valence-electron chi connectivity index (χ2n) is 7.73. The predicted molar refractivity (Wildman–Crippen MR) is 111 cm³/mol. The predicted octanol–water partition coefficient (Wildman–Crippen LogP) is 2.48. The van der Waals surface area contributed by atoms with Gasteiger partial charge < -0.3 is 19.6 Å². The number of piperazine rings is 1. The topological polar surface area (TPSA) is 37.1 Å². The molecule has 1 aliphatic heterocycles. The second-order valence-corrected chi connectivity index (χ2v) is 7.73. The summed E-state index contributed by atoms with van der Waals surface area (Å²) in [6.45, 7) is 9.10. The van der Waals surface area contributed by atoms with E-state index in [1.54, 1.807) is 0 Å². The molecule has 2 aromatic rings. The molecule has 0 bridgehead atoms. The number of hydrogen-bond acceptors (Lipinski definition) is 3. The van der Waals surface area contributed by atoms with Crippen LogP contribution in [-0.4, -0.2) is 50.5 Å². The van der Waals surface area contributed by atoms with Crippen LogP contribution in [0.1, 0.15) is 31.7 Å². The Labute approximate surface area is 167 Å². The fraction of sp³-hybridized carbons (Fsp3) is 0.478. The van der Waals surface area contributed by atoms with Crippen LogP contribution < -0.4 is 14.5 Å². The zero-order valence-electron chi connectivity index (χ0n) is 16.9. The lowest BCUT2D eigenvalue weighted by atomic mass is 9.98. The summed E-state index contributed by atoms with van der Waals surface area (Å²) in [6, 6.07) is 14.8. The summed E-state index contributed by atoms with van der Waals surface area (Å²) in [5, 5.41) is 10.5. The van der Waals surface area contributed by atoms with Crippen molar-refractivity contribution in [2.45, 2.75) is 32.3 Å². The van der Waals surface area contributed by atoms with Gasteiger partial charge in [-0.15, -0.1) is 0 Å². The molecule has 2 atom stereocenters. The van der Waals surface area contributed by atoms with E-state index in [9.17, 15) is 9.50 Å². The first kappa shape index (κ1) is 20.6. The maximum atomic E-state index is 13.1. The molecule has 1 aliphatic rings. The number of quaternary nitrogens is 1. The number of anilines is 1. The Morgan fingerprint density at radius 2 is 1.79 bits per heavy atom. The number of nitrogens with zero attached hydrogens (tertiary/aromatic N) is 1. The Bertz CT molecular complexity index is 730. The Morgan fingerprint density at radius 3 is 2.46 bits per heavy atom. The molecule has 1 fully saturated rings. The Balaban J connectivity index is 1.45. The first-order valence-corrected chi connectivity index (χ1v) is 10.3. The summed E-state index contributed by atoms with van der Waals surface area (Å²) < 4.78 is 19.0. The maximum Gasteiger partial charge on any atom is 0.137 e. The van der Waals surface area contributed by atoms with E-state index in [4.69, 9.17) is 4.74 Å². The SMILES string of the molecule is CC[C@@H](C)c1ccccc1OC[C@H](O)C[NH+]1CCN(c2ccc(F)cc2)CC1. The number of halogens is 1. The van der Waals surface area contributed by atoms with Gasteiger partial charge in [-0.3, -0.25) is 0 Å². The lowest BCUT2D eigenvalue weighted by Gasteiger charge is -2.34. The highest BCUT2D eigenvalue weighted by Gasteiger charge is 2.23. The third kappa shape index (κ3) is 5.46. The van der Waals surface area contributed by atoms with Gasteiger partial charge in [0.2, 0.25) is 0 Å². The quantitative estimate of drug-likeness (QED) is 0.731. The van der Waals surface area contributed by atoms with Gasteiger partial charge in [-0.1, -0.05) is 32.0 Å². The molecule has 2 aromatic carbocycles. The minimum Gasteiger partial charge on any atom is -0.490 e. The molecule has 1 saturated heterocycles. The molecule has 4 nitrogen and oxygen atoms in total. The number of aliphatic hydroxyl groups is 1. The van der Waals surface area contributed by atoms with Gasteiger partial charge in [-0.2, -0.15) is 0 Å². The van der Waals surface area contributed by atoms with E-state index in [2.05, 4.69) is 24.8 Å². The summed E-state index contributed by atoms with van der Waals surface area (Å²) in [7, 11) is 0. The van der Waals surface area contributed by atoms with Gasteiger partial charge in [-0.25, -0.2) is 4.39 Å². The van der Waals surface area contributed by atoms with Crippen LogP contribution in [0.25, 0.3) is 0 Å². The number of para-hydroxylation sites is 1. The fourth-order valence-electron chi connectivity index (χ4n) is 3.75. The van der Waals surface area contributed by atoms with E-state index in [0.29, 0.717) is 19.1 Å². The van der Waals surface area contributed by atoms with Gasteiger partial charge in [0.15, 0.2) is 0 Å². The summed E-state index contributed by atoms with van der Waals surface area (Å²) in [4.78, 5) is 3.65. The molecular weight excluding hydrogens is 355 g/mol. The molecule has 0 unspecified atom stereocenters. The number of aliphatic hydroxyl groups excluding tert-OH is 1. The third-order valence-electron chi connectivity index (χ3n) is 5.68. The molecule has 5 heteroatoms. The Hall–Kier alpha value is -2.11. The maximum absolute atomic E-state index is 13.1. The van der Waals surface area contributed by atoms with Crippen molar-refractivity contribution in [2.75, 3.05) is 44.2 Å². The van der Waals surface area contributed by atoms with Crippen molar-refractivity contribution >= 4 is 5.69 Å². The zero-order chi connectivity index (χ0) is 19.9. The van der Waals surface area contributed by atoms with Crippen LogP contribution in [-0.2, 0) is 0 Å². The van der Waals surface area contributed by atoms with Gasteiger partial charge in [0.1, 0.15) is 30.8 Å². The first-order chi connectivity index (χ1) is 13.6. The van der Waals surface area contributed by atoms with E-state index in [1.807, 2.05) is 30.3 Å². The van der Waals surface area contributed by atoms with Gasteiger partial charge in [0.25, 0.3) is 0 Å². The van der Waals surface area contributed by atoms with Crippen LogP contribution in [0.5, 0.6) is 5.75 Å². The monoisotopic (exact) mass is 387 g/mol. The van der Waals surface area contributed by atoms with Crippen molar-refractivity contribution in [2.24, 2.45) is 0 Å². The highest BCUT2D eigenvalue weighted by molar-refractivity contribution is 5.46. The normalized spacial score (nSPS) is 17.4. The van der Waals surface area contributed by atoms with Crippen LogP contribution in [0.3, 0.4) is 0 Å². The van der Waals surface area contributed by atoms with Crippen molar-refractivity contribution in [1.29, 1.82) is 0 Å². The van der Waals surface area contributed by atoms with Crippen LogP contribution in [0.4, 0.5) is 10.1 Å². The van der Waals surface area contributed by atoms with Crippen molar-refractivity contribution in [3.63, 3.8) is 0 Å². The van der Waals surface area contributed by atoms with E-state index in [-0.39, 0.29) is 5.82 Å². The van der Waals surface area contributed by atoms with E-state index >= 15 is 0 Å². The Morgan fingerprint density at radius 1 is 1.11 bits per heavy atom. The minimum absolute atomic E-state index is 0.203. The smallest absolute Gasteiger partial charge is 0.137 e. The number of nitrogens with one attached hydrogen (secondary N) is 1. The number of benzene rings is 2. The van der Waals surface area contributed by atoms with Gasteiger partial charge in [-0.05, 0) is 48.2 Å². The molecule has 0 aromatic heterocycles. The summed E-state index contributed by atoms with van der Waals surface area (Å²) >= 11 is 0. The number of hydrogen-bond donors (Lipinski definition) is 2. The first-order valence-electron chi connectivity index (χ1n) is 10.3. The lowest BCUT2D eigenvalue weighted by Crippen LogP contribution is -3.16. The second kappa shape index (κ2) is 9.89. The minimum atomic E-state index is -0.489. The van der Waals surface area contributed by atoms with Gasteiger partial charge in [0, 0.05) is 5.69 Å². The molecular formula is C23H32FN2O2+. The summed E-state index contributed by atoms with van der Waals surface area (Å²) in [5.74, 6) is 1.12. The average molecular weight is 388 g/mol. The number of rotatable bonds is 8. The highest BCUT2D eigenvalue weighted by Crippen LogP contribution is 2.28. The molecule has 0 aliphatic carbocycles. The van der Waals surface area contributed by atoms with E-state index in [0.717, 1.165) is 44.0 Å². The van der Waals surface area contributed by atoms with Crippen molar-refractivity contribution < 1.29 is 19.1 Å². The summed E-state index contributed by atoms with van der Waals surface area (Å²) in [6.07, 6.45) is 0.572. The lowest BCUT2D eigenvalue weighted by molar-refractivity contribution is -0.903. The molecule has 2 N–H and O–H groups in total. The molecule has 28 heavy (non-hydrogen) atoms. The number of ether oxygens (including phenoxy) is 1. The molecule has 152 valence electrons. The molecule has 0 amide bonds. The third-order valence-corrected chi connectivity index (χ3v) is 5.68. The molecule has 0 saturated carbocycles. The largest absolute Gasteiger partial charge is 0.490 e. The highest BCUT2D eigenvalue weighted by atomic mass is 19.1. The van der Waals surface area contributed by atoms with Gasteiger partial charge >= 0.3 is 0 Å². The molecule has 0 radical (unpaired) electrons. The van der Waals surface area contributed by atoms with Crippen LogP contribution in [0, 0.1) is 5.82 Å². The zero-order valence-corrected chi connectivity index (χ0v) is 16.9. The van der Waals surface area contributed by atoms with Crippen LogP contribution in [0.2, 0.25) is 0 Å². The van der Waals surface area contributed by atoms with Crippen molar-refractivity contribution in [3.8, 4) is 5.75 Å². The van der Waals surface area contributed by atoms with Crippen molar-refractivity contribution in [3.05, 3.63) is 59.9 Å². The fourth-order valence-corrected chi connectivity index (χ4v) is 3.75. The summed E-state index contributed by atoms with van der Waals surface area (Å²) in [5.41, 5.74) is 2.27. The molecule has 3 rings (SSSR count). The van der Waals surface area contributed by atoms with Crippen molar-refractivity contribution in [1.82, 2.24) is 0 Å².